The van der Waals surface area contributed by atoms with E-state index < -0.39 is 5.79 Å². The second-order valence-corrected chi connectivity index (χ2v) is 3.34. The fraction of sp³-hybridized carbons (Fsp3) is 1.00. The highest BCUT2D eigenvalue weighted by atomic mass is 16.5. The van der Waals surface area contributed by atoms with Crippen LogP contribution < -0.4 is 0 Å². The number of hydrogen-bond acceptors (Lipinski definition) is 5. The van der Waals surface area contributed by atoms with Crippen LogP contribution in [0.15, 0.2) is 0 Å². The van der Waals surface area contributed by atoms with E-state index in [-0.39, 0.29) is 13.2 Å². The third-order valence-corrected chi connectivity index (χ3v) is 1.60. The zero-order chi connectivity index (χ0) is 12.2. The molecule has 1 heterocycles. The van der Waals surface area contributed by atoms with Crippen LogP contribution in [0.4, 0.5) is 0 Å². The molecule has 15 heavy (non-hydrogen) atoms. The second-order valence-electron chi connectivity index (χ2n) is 3.34. The highest BCUT2D eigenvalue weighted by Crippen LogP contribution is 1.99. The lowest BCUT2D eigenvalue weighted by Crippen LogP contribution is -2.20. The van der Waals surface area contributed by atoms with Crippen LogP contribution in [0.2, 0.25) is 0 Å². The van der Waals surface area contributed by atoms with E-state index in [2.05, 4.69) is 0 Å². The van der Waals surface area contributed by atoms with Crippen LogP contribution in [0.5, 0.6) is 0 Å². The SMILES string of the molecule is C1CCOC1.CCC(C)(O)O.OCCO. The molecule has 1 rings (SSSR count). The highest BCUT2D eigenvalue weighted by molar-refractivity contribution is 4.47. The number of rotatable bonds is 2. The maximum Gasteiger partial charge on any atom is 0.159 e. The molecule has 0 atom stereocenters. The Morgan fingerprint density at radius 3 is 1.47 bits per heavy atom. The molecule has 5 nitrogen and oxygen atoms in total. The van der Waals surface area contributed by atoms with Crippen LogP contribution in [0, 0.1) is 0 Å². The minimum atomic E-state index is -1.46. The van der Waals surface area contributed by atoms with Gasteiger partial charge in [0.25, 0.3) is 0 Å². The van der Waals surface area contributed by atoms with Crippen LogP contribution in [0.25, 0.3) is 0 Å². The molecule has 0 saturated carbocycles. The maximum atomic E-state index is 8.38. The molecule has 0 spiro atoms. The van der Waals surface area contributed by atoms with Gasteiger partial charge in [-0.3, -0.25) is 0 Å². The van der Waals surface area contributed by atoms with Crippen molar-refractivity contribution >= 4 is 0 Å². The Morgan fingerprint density at radius 2 is 1.40 bits per heavy atom. The molecular weight excluding hydrogens is 200 g/mol. The summed E-state index contributed by atoms with van der Waals surface area (Å²) in [7, 11) is 0. The Balaban J connectivity index is 0. The van der Waals surface area contributed by atoms with Crippen LogP contribution in [0.1, 0.15) is 33.1 Å². The summed E-state index contributed by atoms with van der Waals surface area (Å²) < 4.78 is 4.94. The van der Waals surface area contributed by atoms with Crippen molar-refractivity contribution in [1.82, 2.24) is 0 Å². The molecule has 0 amide bonds. The van der Waals surface area contributed by atoms with Crippen molar-refractivity contribution in [3.63, 3.8) is 0 Å². The summed E-state index contributed by atoms with van der Waals surface area (Å²) in [5.74, 6) is -1.46. The smallest absolute Gasteiger partial charge is 0.159 e. The Kier molecular flexibility index (Phi) is 13.6. The molecule has 4 N–H and O–H groups in total. The zero-order valence-corrected chi connectivity index (χ0v) is 9.65. The van der Waals surface area contributed by atoms with Gasteiger partial charge >= 0.3 is 0 Å². The first-order valence-corrected chi connectivity index (χ1v) is 5.22. The van der Waals surface area contributed by atoms with Crippen LogP contribution in [-0.4, -0.2) is 52.6 Å². The lowest BCUT2D eigenvalue weighted by molar-refractivity contribution is -0.145. The first-order valence-electron chi connectivity index (χ1n) is 5.22. The third-order valence-electron chi connectivity index (χ3n) is 1.60. The lowest BCUT2D eigenvalue weighted by Gasteiger charge is -2.10. The molecule has 0 aromatic carbocycles. The number of aliphatic hydroxyl groups excluding tert-OH is 2. The van der Waals surface area contributed by atoms with E-state index in [9.17, 15) is 0 Å². The zero-order valence-electron chi connectivity index (χ0n) is 9.65. The van der Waals surface area contributed by atoms with Gasteiger partial charge in [0.15, 0.2) is 5.79 Å². The average molecular weight is 224 g/mol. The molecule has 1 aliphatic heterocycles. The molecule has 1 aliphatic rings. The topological polar surface area (TPSA) is 90.2 Å². The van der Waals surface area contributed by atoms with E-state index in [0.29, 0.717) is 6.42 Å². The number of hydrogen-bond donors (Lipinski definition) is 4. The fourth-order valence-corrected chi connectivity index (χ4v) is 0.510. The van der Waals surface area contributed by atoms with Crippen molar-refractivity contribution in [2.75, 3.05) is 26.4 Å². The van der Waals surface area contributed by atoms with Gasteiger partial charge < -0.3 is 25.2 Å². The van der Waals surface area contributed by atoms with Crippen molar-refractivity contribution in [2.24, 2.45) is 0 Å². The molecule has 0 bridgehead atoms. The predicted octanol–water partition coefficient (Wildman–Crippen LogP) is -0.135. The van der Waals surface area contributed by atoms with E-state index in [1.54, 1.807) is 6.92 Å². The van der Waals surface area contributed by atoms with E-state index >= 15 is 0 Å². The summed E-state index contributed by atoms with van der Waals surface area (Å²) >= 11 is 0. The predicted molar refractivity (Wildman–Crippen MR) is 57.4 cm³/mol. The van der Waals surface area contributed by atoms with Crippen LogP contribution in [0.3, 0.4) is 0 Å². The minimum Gasteiger partial charge on any atom is -0.394 e. The van der Waals surface area contributed by atoms with E-state index in [4.69, 9.17) is 25.2 Å². The summed E-state index contributed by atoms with van der Waals surface area (Å²) in [6.45, 7) is 4.81. The summed E-state index contributed by atoms with van der Waals surface area (Å²) in [6, 6.07) is 0. The van der Waals surface area contributed by atoms with E-state index in [1.165, 1.54) is 19.8 Å². The normalized spacial score (nSPS) is 14.8. The highest BCUT2D eigenvalue weighted by Gasteiger charge is 2.08. The minimum absolute atomic E-state index is 0.125. The molecule has 0 radical (unpaired) electrons. The van der Waals surface area contributed by atoms with Gasteiger partial charge in [0.2, 0.25) is 0 Å². The van der Waals surface area contributed by atoms with Gasteiger partial charge in [-0.2, -0.15) is 0 Å². The van der Waals surface area contributed by atoms with Gasteiger partial charge in [-0.05, 0) is 26.2 Å². The maximum absolute atomic E-state index is 8.38. The van der Waals surface area contributed by atoms with Gasteiger partial charge in [-0.15, -0.1) is 0 Å². The molecular formula is C10H24O5. The lowest BCUT2D eigenvalue weighted by atomic mass is 10.3. The molecule has 5 heteroatoms. The first kappa shape index (κ1) is 17.2. The van der Waals surface area contributed by atoms with Crippen molar-refractivity contribution in [2.45, 2.75) is 38.9 Å². The molecule has 0 aromatic rings. The van der Waals surface area contributed by atoms with Gasteiger partial charge in [0.1, 0.15) is 0 Å². The summed E-state index contributed by atoms with van der Waals surface area (Å²) in [6.07, 6.45) is 2.94. The number of ether oxygens (including phenoxy) is 1. The van der Waals surface area contributed by atoms with Gasteiger partial charge in [0.05, 0.1) is 13.2 Å². The Morgan fingerprint density at radius 1 is 1.07 bits per heavy atom. The van der Waals surface area contributed by atoms with Crippen LogP contribution >= 0.6 is 0 Å². The second kappa shape index (κ2) is 11.9. The van der Waals surface area contributed by atoms with E-state index in [0.717, 1.165) is 13.2 Å². The van der Waals surface area contributed by atoms with Crippen molar-refractivity contribution in [3.8, 4) is 0 Å². The quantitative estimate of drug-likeness (QED) is 0.490. The van der Waals surface area contributed by atoms with Crippen molar-refractivity contribution in [3.05, 3.63) is 0 Å². The van der Waals surface area contributed by atoms with Gasteiger partial charge in [0, 0.05) is 13.2 Å². The van der Waals surface area contributed by atoms with Crippen molar-refractivity contribution in [1.29, 1.82) is 0 Å². The Labute approximate surface area is 91.3 Å². The summed E-state index contributed by atoms with van der Waals surface area (Å²) in [5.41, 5.74) is 0. The standard InChI is InChI=1S/C4H10O2.C4H8O.C2H6O2/c1-3-4(2,5)6;1-2-4-5-3-1;3-1-2-4/h5-6H,3H2,1-2H3;1-4H2;3-4H,1-2H2. The van der Waals surface area contributed by atoms with Crippen LogP contribution in [-0.2, 0) is 4.74 Å². The molecule has 0 unspecified atom stereocenters. The molecule has 0 aromatic heterocycles. The monoisotopic (exact) mass is 224 g/mol. The summed E-state index contributed by atoms with van der Waals surface area (Å²) in [5, 5.41) is 32.0. The molecule has 94 valence electrons. The van der Waals surface area contributed by atoms with Gasteiger partial charge in [-0.25, -0.2) is 0 Å². The largest absolute Gasteiger partial charge is 0.394 e. The first-order chi connectivity index (χ1) is 6.97. The fourth-order valence-electron chi connectivity index (χ4n) is 0.510. The Bertz CT molecular complexity index is 97.3. The van der Waals surface area contributed by atoms with Crippen molar-refractivity contribution < 1.29 is 25.2 Å². The summed E-state index contributed by atoms with van der Waals surface area (Å²) in [4.78, 5) is 0. The third kappa shape index (κ3) is 24.8. The average Bonchev–Trinajstić information content (AvgIpc) is 2.75. The number of aliphatic hydroxyl groups is 4. The molecule has 0 aliphatic carbocycles. The Hall–Kier alpha value is -0.200. The molecule has 1 fully saturated rings. The van der Waals surface area contributed by atoms with Gasteiger partial charge in [-0.1, -0.05) is 6.92 Å². The molecule has 1 saturated heterocycles. The van der Waals surface area contributed by atoms with E-state index in [1.807, 2.05) is 0 Å².